The molecule has 0 fully saturated rings. The topological polar surface area (TPSA) is 88.1 Å². The molecule has 2 heterocycles. The summed E-state index contributed by atoms with van der Waals surface area (Å²) in [6.07, 6.45) is 6.71. The summed E-state index contributed by atoms with van der Waals surface area (Å²) in [7, 11) is 2.76. The molecule has 0 saturated carbocycles. The summed E-state index contributed by atoms with van der Waals surface area (Å²) >= 11 is 6.79. The molecule has 194 valence electrons. The van der Waals surface area contributed by atoms with Crippen LogP contribution in [-0.2, 0) is 29.3 Å². The minimum Gasteiger partial charge on any atom is -0.493 e. The summed E-state index contributed by atoms with van der Waals surface area (Å²) in [4.78, 5) is 35.9. The van der Waals surface area contributed by atoms with E-state index in [9.17, 15) is 14.4 Å². The normalized spacial score (nSPS) is 21.6. The maximum Gasteiger partial charge on any atom is 0.338 e. The van der Waals surface area contributed by atoms with Gasteiger partial charge in [-0.25, -0.2) is 4.79 Å². The lowest BCUT2D eigenvalue weighted by atomic mass is 9.64. The first-order valence-electron chi connectivity index (χ1n) is 11.7. The number of ketones is 1. The van der Waals surface area contributed by atoms with Gasteiger partial charge in [0.05, 0.1) is 33.0 Å². The van der Waals surface area contributed by atoms with Crippen LogP contribution >= 0.6 is 31.9 Å². The van der Waals surface area contributed by atoms with Gasteiger partial charge in [-0.3, -0.25) is 9.59 Å². The molecule has 0 radical (unpaired) electrons. The Balaban J connectivity index is 0.000000180. The van der Waals surface area contributed by atoms with E-state index in [1.165, 1.54) is 20.3 Å². The number of hydrogen-bond donors (Lipinski definition) is 0. The SMILES string of the molecule is COC(=O)C1=CCCOc2cc(Br)ccc21.COC(=O)[C@@]12C=CC(=O)C[C@@H]1CCOc1cc(Br)ccc12. The third-order valence-electron chi connectivity index (χ3n) is 6.62. The third-order valence-corrected chi connectivity index (χ3v) is 7.61. The van der Waals surface area contributed by atoms with Crippen LogP contribution in [0, 0.1) is 5.92 Å². The van der Waals surface area contributed by atoms with Gasteiger partial charge in [-0.1, -0.05) is 50.1 Å². The summed E-state index contributed by atoms with van der Waals surface area (Å²) in [6, 6.07) is 11.2. The summed E-state index contributed by atoms with van der Waals surface area (Å²) in [5.74, 6) is 0.615. The molecule has 9 heteroatoms. The van der Waals surface area contributed by atoms with E-state index in [2.05, 4.69) is 31.9 Å². The van der Waals surface area contributed by atoms with Crippen molar-refractivity contribution in [3.05, 3.63) is 74.7 Å². The number of carbonyl (C=O) groups is 3. The average Bonchev–Trinajstić information content (AvgIpc) is 3.20. The predicted molar refractivity (Wildman–Crippen MR) is 144 cm³/mol. The fourth-order valence-electron chi connectivity index (χ4n) is 4.88. The van der Waals surface area contributed by atoms with Crippen LogP contribution in [-0.4, -0.2) is 45.2 Å². The highest BCUT2D eigenvalue weighted by atomic mass is 79.9. The Morgan fingerprint density at radius 2 is 1.68 bits per heavy atom. The van der Waals surface area contributed by atoms with E-state index < -0.39 is 5.41 Å². The summed E-state index contributed by atoms with van der Waals surface area (Å²) in [6.45, 7) is 1.05. The summed E-state index contributed by atoms with van der Waals surface area (Å²) < 4.78 is 23.0. The number of esters is 2. The molecule has 0 unspecified atom stereocenters. The Hall–Kier alpha value is -2.91. The second kappa shape index (κ2) is 11.6. The molecule has 1 aliphatic carbocycles. The Bertz CT molecular complexity index is 1280. The second-order valence-corrected chi connectivity index (χ2v) is 10.6. The van der Waals surface area contributed by atoms with Crippen molar-refractivity contribution >= 4 is 55.2 Å². The summed E-state index contributed by atoms with van der Waals surface area (Å²) in [5.41, 5.74) is 1.19. The molecule has 2 aromatic carbocycles. The lowest BCUT2D eigenvalue weighted by Crippen LogP contribution is -2.45. The van der Waals surface area contributed by atoms with Gasteiger partial charge in [0, 0.05) is 32.9 Å². The van der Waals surface area contributed by atoms with Gasteiger partial charge < -0.3 is 18.9 Å². The third kappa shape index (κ3) is 5.52. The van der Waals surface area contributed by atoms with Crippen molar-refractivity contribution < 1.29 is 33.3 Å². The van der Waals surface area contributed by atoms with Gasteiger partial charge in [-0.2, -0.15) is 0 Å². The average molecular weight is 634 g/mol. The number of ether oxygens (including phenoxy) is 4. The molecular formula is C28H26Br2O7. The van der Waals surface area contributed by atoms with E-state index in [-0.39, 0.29) is 23.6 Å². The highest BCUT2D eigenvalue weighted by Gasteiger charge is 2.51. The van der Waals surface area contributed by atoms with Crippen molar-refractivity contribution in [3.8, 4) is 11.5 Å². The number of benzene rings is 2. The van der Waals surface area contributed by atoms with E-state index in [1.807, 2.05) is 42.5 Å². The van der Waals surface area contributed by atoms with Gasteiger partial charge in [-0.15, -0.1) is 0 Å². The molecule has 37 heavy (non-hydrogen) atoms. The molecule has 2 atom stereocenters. The standard InChI is InChI=1S/C16H15BrO4.C12H11BrO3/c1-20-15(19)16-6-4-12(18)8-10(16)5-7-21-14-9-11(17)2-3-13(14)16;1-15-12(14)10-3-2-6-16-11-7-8(13)4-5-9(10)11/h2-4,6,9-10H,5,7-8H2,1H3;3-5,7H,2,6H2,1H3/t10-,16-;/m0./s1. The minimum atomic E-state index is -0.935. The molecule has 2 aliphatic heterocycles. The Morgan fingerprint density at radius 3 is 2.41 bits per heavy atom. The van der Waals surface area contributed by atoms with Crippen LogP contribution in [0.2, 0.25) is 0 Å². The zero-order valence-corrected chi connectivity index (χ0v) is 23.6. The van der Waals surface area contributed by atoms with Crippen molar-refractivity contribution in [3.63, 3.8) is 0 Å². The highest BCUT2D eigenvalue weighted by molar-refractivity contribution is 9.10. The first kappa shape index (κ1) is 27.1. The van der Waals surface area contributed by atoms with Gasteiger partial charge in [0.15, 0.2) is 5.78 Å². The van der Waals surface area contributed by atoms with Crippen molar-refractivity contribution in [2.24, 2.45) is 5.92 Å². The fraction of sp³-hybridized carbons (Fsp3) is 0.321. The van der Waals surface area contributed by atoms with Gasteiger partial charge in [0.25, 0.3) is 0 Å². The summed E-state index contributed by atoms with van der Waals surface area (Å²) in [5, 5.41) is 0. The number of carbonyl (C=O) groups excluding carboxylic acids is 3. The van der Waals surface area contributed by atoms with Crippen molar-refractivity contribution in [1.29, 1.82) is 0 Å². The van der Waals surface area contributed by atoms with Crippen LogP contribution in [0.25, 0.3) is 5.57 Å². The largest absolute Gasteiger partial charge is 0.493 e. The van der Waals surface area contributed by atoms with Crippen molar-refractivity contribution in [2.45, 2.75) is 24.7 Å². The quantitative estimate of drug-likeness (QED) is 0.399. The maximum atomic E-state index is 12.6. The van der Waals surface area contributed by atoms with Crippen molar-refractivity contribution in [1.82, 2.24) is 0 Å². The molecule has 5 rings (SSSR count). The first-order chi connectivity index (χ1) is 17.8. The number of hydrogen-bond acceptors (Lipinski definition) is 7. The van der Waals surface area contributed by atoms with E-state index in [0.29, 0.717) is 49.5 Å². The molecule has 7 nitrogen and oxygen atoms in total. The van der Waals surface area contributed by atoms with Crippen LogP contribution in [0.3, 0.4) is 0 Å². The van der Waals surface area contributed by atoms with E-state index >= 15 is 0 Å². The molecule has 0 amide bonds. The maximum absolute atomic E-state index is 12.6. The predicted octanol–water partition coefficient (Wildman–Crippen LogP) is 5.58. The number of halogens is 2. The molecule has 0 aromatic heterocycles. The Kier molecular flexibility index (Phi) is 8.54. The second-order valence-electron chi connectivity index (χ2n) is 8.73. The van der Waals surface area contributed by atoms with Crippen LogP contribution in [0.1, 0.15) is 30.4 Å². The van der Waals surface area contributed by atoms with Crippen LogP contribution < -0.4 is 9.47 Å². The zero-order valence-electron chi connectivity index (χ0n) is 20.4. The first-order valence-corrected chi connectivity index (χ1v) is 13.3. The van der Waals surface area contributed by atoms with E-state index in [0.717, 1.165) is 20.1 Å². The Labute approximate surface area is 232 Å². The zero-order chi connectivity index (χ0) is 26.6. The number of methoxy groups -OCH3 is 2. The molecule has 2 aromatic rings. The molecule has 3 aliphatic rings. The molecule has 0 spiro atoms. The van der Waals surface area contributed by atoms with Gasteiger partial charge in [0.2, 0.25) is 0 Å². The van der Waals surface area contributed by atoms with Gasteiger partial charge in [-0.05, 0) is 48.7 Å². The van der Waals surface area contributed by atoms with Crippen LogP contribution in [0.15, 0.2) is 63.6 Å². The molecule has 0 N–H and O–H groups in total. The van der Waals surface area contributed by atoms with Crippen LogP contribution in [0.5, 0.6) is 11.5 Å². The number of rotatable bonds is 2. The van der Waals surface area contributed by atoms with E-state index in [1.54, 1.807) is 6.08 Å². The minimum absolute atomic E-state index is 0.0417. The molecular weight excluding hydrogens is 608 g/mol. The van der Waals surface area contributed by atoms with Gasteiger partial charge in [0.1, 0.15) is 16.9 Å². The Morgan fingerprint density at radius 1 is 0.973 bits per heavy atom. The number of allylic oxidation sites excluding steroid dienone is 1. The molecule has 0 saturated heterocycles. The highest BCUT2D eigenvalue weighted by Crippen LogP contribution is 2.48. The lowest BCUT2D eigenvalue weighted by Gasteiger charge is -2.36. The van der Waals surface area contributed by atoms with Crippen LogP contribution in [0.4, 0.5) is 0 Å². The number of fused-ring (bicyclic) bond motifs is 4. The lowest BCUT2D eigenvalue weighted by molar-refractivity contribution is -0.148. The molecule has 0 bridgehead atoms. The fourth-order valence-corrected chi connectivity index (χ4v) is 5.56. The monoisotopic (exact) mass is 632 g/mol. The van der Waals surface area contributed by atoms with Gasteiger partial charge >= 0.3 is 11.9 Å². The van der Waals surface area contributed by atoms with Crippen molar-refractivity contribution in [2.75, 3.05) is 27.4 Å². The smallest absolute Gasteiger partial charge is 0.338 e. The van der Waals surface area contributed by atoms with E-state index in [4.69, 9.17) is 18.9 Å².